The van der Waals surface area contributed by atoms with Gasteiger partial charge in [-0.3, -0.25) is 4.79 Å². The molecule has 1 aliphatic rings. The number of hydrogen-bond acceptors (Lipinski definition) is 2. The molecule has 0 spiro atoms. The second-order valence-corrected chi connectivity index (χ2v) is 3.67. The van der Waals surface area contributed by atoms with Gasteiger partial charge >= 0.3 is 0 Å². The van der Waals surface area contributed by atoms with Crippen molar-refractivity contribution in [3.05, 3.63) is 21.3 Å². The third-order valence-corrected chi connectivity index (χ3v) is 3.08. The Morgan fingerprint density at radius 1 is 1.67 bits per heavy atom. The van der Waals surface area contributed by atoms with E-state index < -0.39 is 0 Å². The molecule has 0 saturated carbocycles. The summed E-state index contributed by atoms with van der Waals surface area (Å²) in [6.07, 6.45) is 1.86. The van der Waals surface area contributed by atoms with Crippen LogP contribution in [-0.2, 0) is 11.2 Å². The lowest BCUT2D eigenvalue weighted by atomic mass is 10.2. The van der Waals surface area contributed by atoms with E-state index in [4.69, 9.17) is 11.6 Å². The highest BCUT2D eigenvalue weighted by Gasteiger charge is 2.22. The number of halogens is 2. The van der Waals surface area contributed by atoms with E-state index >= 15 is 0 Å². The predicted octanol–water partition coefficient (Wildman–Crippen LogP) is 1.99. The number of anilines is 1. The summed E-state index contributed by atoms with van der Waals surface area (Å²) in [6, 6.07) is 0. The lowest BCUT2D eigenvalue weighted by Crippen LogP contribution is -2.04. The van der Waals surface area contributed by atoms with Crippen molar-refractivity contribution in [2.45, 2.75) is 6.42 Å². The molecule has 1 N–H and O–H groups in total. The number of rotatable bonds is 0. The van der Waals surface area contributed by atoms with Crippen molar-refractivity contribution in [1.82, 2.24) is 4.98 Å². The van der Waals surface area contributed by atoms with E-state index in [0.29, 0.717) is 17.3 Å². The van der Waals surface area contributed by atoms with Crippen LogP contribution in [0.2, 0.25) is 5.02 Å². The smallest absolute Gasteiger partial charge is 0.230 e. The number of pyridine rings is 1. The minimum atomic E-state index is -0.0412. The Hall–Kier alpha value is -0.610. The molecule has 2 rings (SSSR count). The van der Waals surface area contributed by atoms with Gasteiger partial charge in [-0.15, -0.1) is 0 Å². The number of carbonyl (C=O) groups excluding carboxylic acids is 1. The zero-order valence-corrected chi connectivity index (χ0v) is 8.24. The van der Waals surface area contributed by atoms with Crippen LogP contribution in [0.5, 0.6) is 0 Å². The number of amides is 1. The first-order valence-corrected chi connectivity index (χ1v) is 4.48. The number of aromatic nitrogens is 1. The van der Waals surface area contributed by atoms with Crippen molar-refractivity contribution >= 4 is 39.3 Å². The maximum Gasteiger partial charge on any atom is 0.230 e. The van der Waals surface area contributed by atoms with Gasteiger partial charge in [0, 0.05) is 16.2 Å². The molecule has 5 heteroatoms. The van der Waals surface area contributed by atoms with Gasteiger partial charge in [-0.05, 0) is 15.9 Å². The van der Waals surface area contributed by atoms with Gasteiger partial charge in [-0.2, -0.15) is 0 Å². The second kappa shape index (κ2) is 2.71. The van der Waals surface area contributed by atoms with Crippen LogP contribution in [0.1, 0.15) is 5.56 Å². The van der Waals surface area contributed by atoms with E-state index in [2.05, 4.69) is 26.2 Å². The normalized spacial score (nSPS) is 14.3. The first-order valence-electron chi connectivity index (χ1n) is 3.31. The van der Waals surface area contributed by atoms with Crippen LogP contribution < -0.4 is 5.32 Å². The number of nitrogens with one attached hydrogen (secondary N) is 1. The molecule has 0 aromatic carbocycles. The molecule has 1 amide bonds. The Kier molecular flexibility index (Phi) is 1.81. The summed E-state index contributed by atoms with van der Waals surface area (Å²) in [5, 5.41) is 3.16. The molecule has 62 valence electrons. The molecule has 3 nitrogen and oxygen atoms in total. The summed E-state index contributed by atoms with van der Waals surface area (Å²) in [6.45, 7) is 0. The number of nitrogens with zero attached hydrogens (tertiary/aromatic N) is 1. The maximum absolute atomic E-state index is 10.9. The SMILES string of the molecule is O=C1Cc2c(ncc(Cl)c2Br)N1. The number of carbonyl (C=O) groups is 1. The Balaban J connectivity index is 2.61. The van der Waals surface area contributed by atoms with Crippen molar-refractivity contribution in [3.63, 3.8) is 0 Å². The van der Waals surface area contributed by atoms with E-state index in [0.717, 1.165) is 10.0 Å². The van der Waals surface area contributed by atoms with Crippen LogP contribution in [0.25, 0.3) is 0 Å². The zero-order chi connectivity index (χ0) is 8.72. The minimum absolute atomic E-state index is 0.0412. The van der Waals surface area contributed by atoms with E-state index in [-0.39, 0.29) is 5.91 Å². The summed E-state index contributed by atoms with van der Waals surface area (Å²) in [4.78, 5) is 14.9. The molecule has 0 saturated heterocycles. The highest BCUT2D eigenvalue weighted by molar-refractivity contribution is 9.10. The molecular formula is C7H4BrClN2O. The van der Waals surface area contributed by atoms with E-state index in [9.17, 15) is 4.79 Å². The lowest BCUT2D eigenvalue weighted by molar-refractivity contribution is -0.115. The average Bonchev–Trinajstić information content (AvgIpc) is 2.39. The van der Waals surface area contributed by atoms with Gasteiger partial charge in [0.2, 0.25) is 5.91 Å². The standard InChI is InChI=1S/C7H4BrClN2O/c8-6-3-1-5(12)11-7(3)10-2-4(6)9/h2H,1H2,(H,10,11,12). The fourth-order valence-electron chi connectivity index (χ4n) is 1.11. The Bertz CT molecular complexity index is 367. The zero-order valence-electron chi connectivity index (χ0n) is 5.90. The number of fused-ring (bicyclic) bond motifs is 1. The molecule has 0 bridgehead atoms. The molecule has 12 heavy (non-hydrogen) atoms. The number of hydrogen-bond donors (Lipinski definition) is 1. The Morgan fingerprint density at radius 3 is 3.17 bits per heavy atom. The third kappa shape index (κ3) is 1.11. The summed E-state index contributed by atoms with van der Waals surface area (Å²) in [5.41, 5.74) is 0.840. The third-order valence-electron chi connectivity index (χ3n) is 1.66. The first-order chi connectivity index (χ1) is 5.68. The van der Waals surface area contributed by atoms with E-state index in [1.807, 2.05) is 0 Å². The Labute approximate surface area is 82.3 Å². The fourth-order valence-corrected chi connectivity index (χ4v) is 1.70. The average molecular weight is 247 g/mol. The van der Waals surface area contributed by atoms with Gasteiger partial charge in [0.15, 0.2) is 0 Å². The molecular weight excluding hydrogens is 243 g/mol. The van der Waals surface area contributed by atoms with Gasteiger partial charge in [0.05, 0.1) is 11.4 Å². The van der Waals surface area contributed by atoms with Crippen LogP contribution >= 0.6 is 27.5 Å². The van der Waals surface area contributed by atoms with Crippen molar-refractivity contribution in [2.24, 2.45) is 0 Å². The van der Waals surface area contributed by atoms with Crippen LogP contribution in [0, 0.1) is 0 Å². The summed E-state index contributed by atoms with van der Waals surface area (Å²) in [5.74, 6) is 0.566. The Morgan fingerprint density at radius 2 is 2.42 bits per heavy atom. The lowest BCUT2D eigenvalue weighted by Gasteiger charge is -2.00. The molecule has 0 atom stereocenters. The molecule has 1 aromatic heterocycles. The molecule has 2 heterocycles. The van der Waals surface area contributed by atoms with Gasteiger partial charge in [-0.25, -0.2) is 4.98 Å². The van der Waals surface area contributed by atoms with Crippen LogP contribution in [-0.4, -0.2) is 10.9 Å². The van der Waals surface area contributed by atoms with Gasteiger partial charge in [0.1, 0.15) is 5.82 Å². The van der Waals surface area contributed by atoms with Crippen molar-refractivity contribution in [1.29, 1.82) is 0 Å². The fraction of sp³-hybridized carbons (Fsp3) is 0.143. The highest BCUT2D eigenvalue weighted by Crippen LogP contribution is 2.33. The monoisotopic (exact) mass is 246 g/mol. The van der Waals surface area contributed by atoms with Crippen molar-refractivity contribution in [3.8, 4) is 0 Å². The maximum atomic E-state index is 10.9. The molecule has 0 unspecified atom stereocenters. The second-order valence-electron chi connectivity index (χ2n) is 2.47. The molecule has 1 aromatic rings. The van der Waals surface area contributed by atoms with Crippen LogP contribution in [0.15, 0.2) is 10.7 Å². The van der Waals surface area contributed by atoms with Crippen molar-refractivity contribution < 1.29 is 4.79 Å². The minimum Gasteiger partial charge on any atom is -0.310 e. The quantitative estimate of drug-likeness (QED) is 0.762. The van der Waals surface area contributed by atoms with Gasteiger partial charge < -0.3 is 5.32 Å². The molecule has 0 radical (unpaired) electrons. The molecule has 0 aliphatic carbocycles. The highest BCUT2D eigenvalue weighted by atomic mass is 79.9. The molecule has 0 fully saturated rings. The summed E-state index contributed by atoms with van der Waals surface area (Å²) >= 11 is 9.09. The first kappa shape index (κ1) is 8.01. The van der Waals surface area contributed by atoms with Crippen LogP contribution in [0.4, 0.5) is 5.82 Å². The topological polar surface area (TPSA) is 42.0 Å². The van der Waals surface area contributed by atoms with E-state index in [1.54, 1.807) is 0 Å². The van der Waals surface area contributed by atoms with Gasteiger partial charge in [-0.1, -0.05) is 11.6 Å². The summed E-state index contributed by atoms with van der Waals surface area (Å²) in [7, 11) is 0. The summed E-state index contributed by atoms with van der Waals surface area (Å²) < 4.78 is 0.757. The van der Waals surface area contributed by atoms with Crippen molar-refractivity contribution in [2.75, 3.05) is 5.32 Å². The van der Waals surface area contributed by atoms with E-state index in [1.165, 1.54) is 6.20 Å². The molecule has 1 aliphatic heterocycles. The van der Waals surface area contributed by atoms with Crippen LogP contribution in [0.3, 0.4) is 0 Å². The largest absolute Gasteiger partial charge is 0.310 e. The predicted molar refractivity (Wildman–Crippen MR) is 49.3 cm³/mol. The van der Waals surface area contributed by atoms with Gasteiger partial charge in [0.25, 0.3) is 0 Å².